The Kier molecular flexibility index (Phi) is 4.27. The molecule has 0 aliphatic carbocycles. The average molecular weight is 206 g/mol. The molecule has 0 saturated heterocycles. The molecule has 0 saturated carbocycles. The Balaban J connectivity index is 0.00000144. The van der Waals surface area contributed by atoms with Gasteiger partial charge < -0.3 is 15.0 Å². The molecule has 0 atom stereocenters. The number of anilines is 1. The zero-order chi connectivity index (χ0) is 9.14. The van der Waals surface area contributed by atoms with Gasteiger partial charge in [0, 0.05) is 13.2 Å². The minimum Gasteiger partial charge on any atom is -0.460 e. The fourth-order valence-electron chi connectivity index (χ4n) is 0.875. The summed E-state index contributed by atoms with van der Waals surface area (Å²) in [5, 5.41) is 0. The molecular formula is C7H12ClN3O2. The zero-order valence-corrected chi connectivity index (χ0v) is 8.30. The molecule has 1 aromatic rings. The van der Waals surface area contributed by atoms with Crippen molar-refractivity contribution in [3.63, 3.8) is 0 Å². The summed E-state index contributed by atoms with van der Waals surface area (Å²) in [6.45, 7) is 2.08. The summed E-state index contributed by atoms with van der Waals surface area (Å²) in [5.74, 6) is 0.103. The van der Waals surface area contributed by atoms with E-state index in [0.717, 1.165) is 0 Å². The van der Waals surface area contributed by atoms with Crippen LogP contribution in [-0.4, -0.2) is 22.1 Å². The highest BCUT2D eigenvalue weighted by atomic mass is 35.5. The number of nitrogens with zero attached hydrogens (tertiary/aromatic N) is 2. The van der Waals surface area contributed by atoms with Crippen molar-refractivity contribution >= 4 is 24.2 Å². The number of carbonyl (C=O) groups is 1. The van der Waals surface area contributed by atoms with Gasteiger partial charge in [-0.1, -0.05) is 0 Å². The summed E-state index contributed by atoms with van der Waals surface area (Å²) in [4.78, 5) is 14.9. The Morgan fingerprint density at radius 3 is 2.77 bits per heavy atom. The van der Waals surface area contributed by atoms with Gasteiger partial charge >= 0.3 is 5.97 Å². The van der Waals surface area contributed by atoms with Crippen molar-refractivity contribution in [3.8, 4) is 0 Å². The number of aromatic nitrogens is 2. The third-order valence-electron chi connectivity index (χ3n) is 1.35. The van der Waals surface area contributed by atoms with Crippen molar-refractivity contribution in [2.24, 2.45) is 7.05 Å². The van der Waals surface area contributed by atoms with Crippen LogP contribution in [0, 0.1) is 0 Å². The number of esters is 1. The van der Waals surface area contributed by atoms with Gasteiger partial charge in [0.25, 0.3) is 0 Å². The fraction of sp³-hybridized carbons (Fsp3) is 0.429. The first-order chi connectivity index (χ1) is 5.65. The number of carbonyl (C=O) groups excluding carboxylic acids is 1. The molecule has 0 bridgehead atoms. The second-order valence-electron chi connectivity index (χ2n) is 2.32. The number of nitrogens with two attached hydrogens (primary N) is 1. The van der Waals surface area contributed by atoms with E-state index in [4.69, 9.17) is 10.5 Å². The molecule has 0 amide bonds. The zero-order valence-electron chi connectivity index (χ0n) is 7.48. The fourth-order valence-corrected chi connectivity index (χ4v) is 0.875. The second-order valence-corrected chi connectivity index (χ2v) is 2.32. The van der Waals surface area contributed by atoms with Crippen LogP contribution in [-0.2, 0) is 11.8 Å². The van der Waals surface area contributed by atoms with Crippen LogP contribution in [0.2, 0.25) is 0 Å². The van der Waals surface area contributed by atoms with Crippen LogP contribution in [0.5, 0.6) is 0 Å². The summed E-state index contributed by atoms with van der Waals surface area (Å²) >= 11 is 0. The molecule has 0 aliphatic heterocycles. The molecule has 0 aromatic carbocycles. The van der Waals surface area contributed by atoms with Gasteiger partial charge in [0.1, 0.15) is 5.82 Å². The highest BCUT2D eigenvalue weighted by Crippen LogP contribution is 2.03. The van der Waals surface area contributed by atoms with Gasteiger partial charge in [-0.25, -0.2) is 9.78 Å². The molecule has 1 rings (SSSR count). The molecule has 0 radical (unpaired) electrons. The lowest BCUT2D eigenvalue weighted by Gasteiger charge is -1.99. The van der Waals surface area contributed by atoms with Crippen molar-refractivity contribution in [1.29, 1.82) is 0 Å². The van der Waals surface area contributed by atoms with Crippen LogP contribution < -0.4 is 5.73 Å². The van der Waals surface area contributed by atoms with E-state index < -0.39 is 5.97 Å². The van der Waals surface area contributed by atoms with Crippen LogP contribution >= 0.6 is 12.4 Å². The second kappa shape index (κ2) is 4.71. The molecule has 74 valence electrons. The van der Waals surface area contributed by atoms with Crippen molar-refractivity contribution in [2.75, 3.05) is 12.3 Å². The van der Waals surface area contributed by atoms with E-state index in [9.17, 15) is 4.79 Å². The predicted molar refractivity (Wildman–Crippen MR) is 50.8 cm³/mol. The highest BCUT2D eigenvalue weighted by molar-refractivity contribution is 5.86. The molecule has 0 aliphatic rings. The van der Waals surface area contributed by atoms with Crippen molar-refractivity contribution in [3.05, 3.63) is 12.0 Å². The number of halogens is 1. The van der Waals surface area contributed by atoms with Gasteiger partial charge in [-0.05, 0) is 6.92 Å². The maximum Gasteiger partial charge on any atom is 0.374 e. The molecule has 6 heteroatoms. The number of ether oxygens (including phenoxy) is 1. The number of imidazole rings is 1. The summed E-state index contributed by atoms with van der Waals surface area (Å²) in [6.07, 6.45) is 1.56. The maximum absolute atomic E-state index is 11.1. The molecule has 0 spiro atoms. The van der Waals surface area contributed by atoms with Gasteiger partial charge in [-0.3, -0.25) is 0 Å². The van der Waals surface area contributed by atoms with Crippen molar-refractivity contribution in [1.82, 2.24) is 9.55 Å². The Hall–Kier alpha value is -1.23. The SMILES string of the molecule is CCOC(=O)c1nc(N)cn1C.Cl. The minimum atomic E-state index is -0.448. The van der Waals surface area contributed by atoms with E-state index in [-0.39, 0.29) is 18.2 Å². The van der Waals surface area contributed by atoms with E-state index in [1.165, 1.54) is 4.57 Å². The van der Waals surface area contributed by atoms with E-state index >= 15 is 0 Å². The van der Waals surface area contributed by atoms with Gasteiger partial charge in [0.15, 0.2) is 0 Å². The summed E-state index contributed by atoms with van der Waals surface area (Å²) < 4.78 is 6.28. The largest absolute Gasteiger partial charge is 0.460 e. The molecule has 0 unspecified atom stereocenters. The van der Waals surface area contributed by atoms with Crippen LogP contribution in [0.15, 0.2) is 6.20 Å². The van der Waals surface area contributed by atoms with Crippen LogP contribution in [0.1, 0.15) is 17.5 Å². The molecular weight excluding hydrogens is 194 g/mol. The van der Waals surface area contributed by atoms with E-state index in [2.05, 4.69) is 4.98 Å². The Morgan fingerprint density at radius 1 is 1.77 bits per heavy atom. The topological polar surface area (TPSA) is 70.1 Å². The van der Waals surface area contributed by atoms with E-state index in [0.29, 0.717) is 12.4 Å². The van der Waals surface area contributed by atoms with Crippen LogP contribution in [0.3, 0.4) is 0 Å². The summed E-state index contributed by atoms with van der Waals surface area (Å²) in [5.41, 5.74) is 5.37. The van der Waals surface area contributed by atoms with E-state index in [1.807, 2.05) is 0 Å². The molecule has 0 fully saturated rings. The van der Waals surface area contributed by atoms with Crippen molar-refractivity contribution < 1.29 is 9.53 Å². The third kappa shape index (κ3) is 2.62. The maximum atomic E-state index is 11.1. The lowest BCUT2D eigenvalue weighted by Crippen LogP contribution is -2.10. The first-order valence-electron chi connectivity index (χ1n) is 3.61. The molecule has 13 heavy (non-hydrogen) atoms. The minimum absolute atomic E-state index is 0. The van der Waals surface area contributed by atoms with Gasteiger partial charge in [0.2, 0.25) is 5.82 Å². The first kappa shape index (κ1) is 11.8. The number of hydrogen-bond donors (Lipinski definition) is 1. The van der Waals surface area contributed by atoms with Crippen molar-refractivity contribution in [2.45, 2.75) is 6.92 Å². The van der Waals surface area contributed by atoms with E-state index in [1.54, 1.807) is 20.2 Å². The van der Waals surface area contributed by atoms with Gasteiger partial charge in [0.05, 0.1) is 6.61 Å². The quantitative estimate of drug-likeness (QED) is 0.718. The summed E-state index contributed by atoms with van der Waals surface area (Å²) in [6, 6.07) is 0. The normalized spacial score (nSPS) is 9.08. The molecule has 1 heterocycles. The van der Waals surface area contributed by atoms with Gasteiger partial charge in [-0.2, -0.15) is 0 Å². The monoisotopic (exact) mass is 205 g/mol. The number of rotatable bonds is 2. The molecule has 1 aromatic heterocycles. The lowest BCUT2D eigenvalue weighted by molar-refractivity contribution is 0.0508. The van der Waals surface area contributed by atoms with Gasteiger partial charge in [-0.15, -0.1) is 12.4 Å². The Morgan fingerprint density at radius 2 is 2.38 bits per heavy atom. The lowest BCUT2D eigenvalue weighted by atomic mass is 10.6. The number of aryl methyl sites for hydroxylation is 1. The average Bonchev–Trinajstić information content (AvgIpc) is 2.30. The third-order valence-corrected chi connectivity index (χ3v) is 1.35. The first-order valence-corrected chi connectivity index (χ1v) is 3.61. The Bertz CT molecular complexity index is 298. The summed E-state index contributed by atoms with van der Waals surface area (Å²) in [7, 11) is 1.69. The Labute approximate surface area is 82.3 Å². The smallest absolute Gasteiger partial charge is 0.374 e. The van der Waals surface area contributed by atoms with Crippen LogP contribution in [0.4, 0.5) is 5.82 Å². The number of hydrogen-bond acceptors (Lipinski definition) is 4. The molecule has 5 nitrogen and oxygen atoms in total. The molecule has 2 N–H and O–H groups in total. The van der Waals surface area contributed by atoms with Crippen LogP contribution in [0.25, 0.3) is 0 Å². The predicted octanol–water partition coefficient (Wildman–Crippen LogP) is 0.601. The standard InChI is InChI=1S/C7H11N3O2.ClH/c1-3-12-7(11)6-9-5(8)4-10(6)2;/h4H,3,8H2,1-2H3;1H. The number of nitrogen functional groups attached to an aromatic ring is 1. The highest BCUT2D eigenvalue weighted by Gasteiger charge is 2.12.